The summed E-state index contributed by atoms with van der Waals surface area (Å²) in [5, 5.41) is 1.13. The van der Waals surface area contributed by atoms with E-state index in [1.807, 2.05) is 6.07 Å². The van der Waals surface area contributed by atoms with Gasteiger partial charge in [0.1, 0.15) is 0 Å². The van der Waals surface area contributed by atoms with Crippen molar-refractivity contribution in [1.82, 2.24) is 9.97 Å². The molecule has 3 heteroatoms. The smallest absolute Gasteiger partial charge is 0.226 e. The van der Waals surface area contributed by atoms with Crippen LogP contribution < -0.4 is 4.90 Å². The van der Waals surface area contributed by atoms with Crippen molar-refractivity contribution in [3.05, 3.63) is 54.1 Å². The molecule has 1 fully saturated rings. The Morgan fingerprint density at radius 2 is 1.83 bits per heavy atom. The summed E-state index contributed by atoms with van der Waals surface area (Å²) < 4.78 is 0. The first kappa shape index (κ1) is 15.1. The summed E-state index contributed by atoms with van der Waals surface area (Å²) >= 11 is 0. The zero-order valence-corrected chi connectivity index (χ0v) is 14.4. The highest BCUT2D eigenvalue weighted by atomic mass is 15.3. The van der Waals surface area contributed by atoms with Crippen molar-refractivity contribution in [2.24, 2.45) is 0 Å². The first-order valence-electron chi connectivity index (χ1n) is 8.83. The molecule has 0 saturated carbocycles. The van der Waals surface area contributed by atoms with Crippen LogP contribution >= 0.6 is 0 Å². The van der Waals surface area contributed by atoms with Crippen LogP contribution in [0.3, 0.4) is 0 Å². The topological polar surface area (TPSA) is 29.0 Å². The SMILES string of the molecule is Cc1ccc2c(-c3ccccc3)nc(N3CCCC[C@H]3C)nc2c1. The van der Waals surface area contributed by atoms with Crippen molar-refractivity contribution in [1.29, 1.82) is 0 Å². The molecule has 1 aliphatic rings. The number of hydrogen-bond acceptors (Lipinski definition) is 3. The number of anilines is 1. The number of rotatable bonds is 2. The van der Waals surface area contributed by atoms with Gasteiger partial charge in [-0.05, 0) is 44.7 Å². The third kappa shape index (κ3) is 2.75. The summed E-state index contributed by atoms with van der Waals surface area (Å²) in [5.74, 6) is 0.874. The van der Waals surface area contributed by atoms with Gasteiger partial charge in [-0.1, -0.05) is 42.5 Å². The fraction of sp³-hybridized carbons (Fsp3) is 0.333. The molecule has 24 heavy (non-hydrogen) atoms. The van der Waals surface area contributed by atoms with E-state index in [2.05, 4.69) is 61.2 Å². The second-order valence-corrected chi connectivity index (χ2v) is 6.80. The van der Waals surface area contributed by atoms with Crippen molar-refractivity contribution in [2.75, 3.05) is 11.4 Å². The van der Waals surface area contributed by atoms with Gasteiger partial charge in [-0.15, -0.1) is 0 Å². The molecule has 3 aromatic rings. The first-order chi connectivity index (χ1) is 11.7. The lowest BCUT2D eigenvalue weighted by molar-refractivity contribution is 0.478. The third-order valence-corrected chi connectivity index (χ3v) is 4.95. The maximum Gasteiger partial charge on any atom is 0.226 e. The summed E-state index contributed by atoms with van der Waals surface area (Å²) in [7, 11) is 0. The van der Waals surface area contributed by atoms with Crippen LogP contribution in [0.25, 0.3) is 22.2 Å². The van der Waals surface area contributed by atoms with E-state index in [9.17, 15) is 0 Å². The van der Waals surface area contributed by atoms with E-state index in [4.69, 9.17) is 9.97 Å². The summed E-state index contributed by atoms with van der Waals surface area (Å²) in [5.41, 5.74) is 4.46. The van der Waals surface area contributed by atoms with Gasteiger partial charge in [-0.25, -0.2) is 9.97 Å². The maximum absolute atomic E-state index is 4.99. The van der Waals surface area contributed by atoms with E-state index in [1.165, 1.54) is 24.8 Å². The van der Waals surface area contributed by atoms with Gasteiger partial charge in [0.15, 0.2) is 0 Å². The van der Waals surface area contributed by atoms with E-state index in [1.54, 1.807) is 0 Å². The molecule has 0 amide bonds. The molecule has 4 rings (SSSR count). The van der Waals surface area contributed by atoms with Crippen molar-refractivity contribution >= 4 is 16.9 Å². The van der Waals surface area contributed by atoms with Crippen molar-refractivity contribution in [3.63, 3.8) is 0 Å². The Hall–Kier alpha value is -2.42. The largest absolute Gasteiger partial charge is 0.338 e. The quantitative estimate of drug-likeness (QED) is 0.667. The number of nitrogens with zero attached hydrogens (tertiary/aromatic N) is 3. The molecule has 0 N–H and O–H groups in total. The average molecular weight is 317 g/mol. The molecule has 2 heterocycles. The summed E-state index contributed by atoms with van der Waals surface area (Å²) in [6.45, 7) is 5.45. The second kappa shape index (κ2) is 6.23. The molecule has 1 aliphatic heterocycles. The normalized spacial score (nSPS) is 18.1. The average Bonchev–Trinajstić information content (AvgIpc) is 2.61. The molecule has 0 unspecified atom stereocenters. The van der Waals surface area contributed by atoms with Crippen LogP contribution in [0.15, 0.2) is 48.5 Å². The molecular weight excluding hydrogens is 294 g/mol. The highest BCUT2D eigenvalue weighted by molar-refractivity contribution is 5.93. The van der Waals surface area contributed by atoms with Crippen molar-refractivity contribution < 1.29 is 0 Å². The van der Waals surface area contributed by atoms with Crippen molar-refractivity contribution in [3.8, 4) is 11.3 Å². The Bertz CT molecular complexity index is 858. The summed E-state index contributed by atoms with van der Waals surface area (Å²) in [6.07, 6.45) is 3.74. The van der Waals surface area contributed by atoms with Gasteiger partial charge < -0.3 is 4.90 Å². The van der Waals surface area contributed by atoms with Crippen LogP contribution in [-0.2, 0) is 0 Å². The third-order valence-electron chi connectivity index (χ3n) is 4.95. The zero-order valence-electron chi connectivity index (χ0n) is 14.4. The molecule has 0 spiro atoms. The van der Waals surface area contributed by atoms with Crippen LogP contribution in [0.5, 0.6) is 0 Å². The van der Waals surface area contributed by atoms with Gasteiger partial charge in [-0.3, -0.25) is 0 Å². The van der Waals surface area contributed by atoms with E-state index in [0.717, 1.165) is 34.7 Å². The van der Waals surface area contributed by atoms with E-state index < -0.39 is 0 Å². The minimum Gasteiger partial charge on any atom is -0.338 e. The molecule has 1 atom stereocenters. The standard InChI is InChI=1S/C21H23N3/c1-15-11-12-18-19(14-15)22-21(24-13-7-6-8-16(24)2)23-20(18)17-9-4-3-5-10-17/h3-5,9-12,14,16H,6-8,13H2,1-2H3/t16-/m1/s1. The molecule has 0 aliphatic carbocycles. The minimum atomic E-state index is 0.504. The number of fused-ring (bicyclic) bond motifs is 1. The molecule has 1 saturated heterocycles. The maximum atomic E-state index is 4.99. The number of aryl methyl sites for hydroxylation is 1. The molecular formula is C21H23N3. The molecule has 0 bridgehead atoms. The fourth-order valence-corrected chi connectivity index (χ4v) is 3.57. The number of aromatic nitrogens is 2. The highest BCUT2D eigenvalue weighted by Gasteiger charge is 2.22. The van der Waals surface area contributed by atoms with E-state index >= 15 is 0 Å². The molecule has 0 radical (unpaired) electrons. The highest BCUT2D eigenvalue weighted by Crippen LogP contribution is 2.30. The van der Waals surface area contributed by atoms with Gasteiger partial charge in [0, 0.05) is 23.5 Å². The Balaban J connectivity index is 1.92. The summed E-state index contributed by atoms with van der Waals surface area (Å²) in [6, 6.07) is 17.4. The lowest BCUT2D eigenvalue weighted by Crippen LogP contribution is -2.38. The number of hydrogen-bond donors (Lipinski definition) is 0. The van der Waals surface area contributed by atoms with E-state index in [0.29, 0.717) is 6.04 Å². The Labute approximate surface area is 143 Å². The Morgan fingerprint density at radius 3 is 2.62 bits per heavy atom. The Morgan fingerprint density at radius 1 is 1.00 bits per heavy atom. The predicted octanol–water partition coefficient (Wildman–Crippen LogP) is 4.98. The van der Waals surface area contributed by atoms with Crippen LogP contribution in [0.4, 0.5) is 5.95 Å². The summed E-state index contributed by atoms with van der Waals surface area (Å²) in [4.78, 5) is 12.3. The Kier molecular flexibility index (Phi) is 3.93. The lowest BCUT2D eigenvalue weighted by atomic mass is 10.0. The van der Waals surface area contributed by atoms with E-state index in [-0.39, 0.29) is 0 Å². The number of piperidine rings is 1. The zero-order chi connectivity index (χ0) is 16.5. The lowest BCUT2D eigenvalue weighted by Gasteiger charge is -2.33. The molecule has 1 aromatic heterocycles. The monoisotopic (exact) mass is 317 g/mol. The van der Waals surface area contributed by atoms with Crippen LogP contribution in [-0.4, -0.2) is 22.6 Å². The van der Waals surface area contributed by atoms with Gasteiger partial charge in [0.05, 0.1) is 11.2 Å². The molecule has 3 nitrogen and oxygen atoms in total. The van der Waals surface area contributed by atoms with Crippen LogP contribution in [0.1, 0.15) is 31.7 Å². The second-order valence-electron chi connectivity index (χ2n) is 6.80. The van der Waals surface area contributed by atoms with Gasteiger partial charge in [0.2, 0.25) is 5.95 Å². The van der Waals surface area contributed by atoms with Gasteiger partial charge in [0.25, 0.3) is 0 Å². The van der Waals surface area contributed by atoms with Gasteiger partial charge in [-0.2, -0.15) is 0 Å². The first-order valence-corrected chi connectivity index (χ1v) is 8.83. The van der Waals surface area contributed by atoms with Gasteiger partial charge >= 0.3 is 0 Å². The predicted molar refractivity (Wildman–Crippen MR) is 100 cm³/mol. The molecule has 122 valence electrons. The van der Waals surface area contributed by atoms with Crippen LogP contribution in [0, 0.1) is 6.92 Å². The van der Waals surface area contributed by atoms with Crippen molar-refractivity contribution in [2.45, 2.75) is 39.2 Å². The number of benzene rings is 2. The molecule has 2 aromatic carbocycles. The minimum absolute atomic E-state index is 0.504. The van der Waals surface area contributed by atoms with Crippen LogP contribution in [0.2, 0.25) is 0 Å². The fourth-order valence-electron chi connectivity index (χ4n) is 3.57.